The van der Waals surface area contributed by atoms with Gasteiger partial charge in [0.15, 0.2) is 0 Å². The molecule has 0 atom stereocenters. The van der Waals surface area contributed by atoms with Crippen molar-refractivity contribution >= 4 is 63.8 Å². The van der Waals surface area contributed by atoms with Crippen molar-refractivity contribution in [3.63, 3.8) is 0 Å². The van der Waals surface area contributed by atoms with E-state index in [9.17, 15) is 14.0 Å². The minimum absolute atomic E-state index is 0.0947. The number of amides is 2. The molecule has 128 valence electrons. The monoisotopic (exact) mass is 415 g/mol. The molecule has 0 aromatic heterocycles. The van der Waals surface area contributed by atoms with Crippen molar-refractivity contribution in [3.05, 3.63) is 73.3 Å². The first-order valence-electron chi connectivity index (χ1n) is 7.00. The number of nitrogens with zero attached hydrogens (tertiary/aromatic N) is 1. The Balaban J connectivity index is 1.89. The van der Waals surface area contributed by atoms with Crippen LogP contribution in [0.15, 0.2) is 41.3 Å². The number of carbonyl (C=O) groups is 2. The summed E-state index contributed by atoms with van der Waals surface area (Å²) in [5, 5.41) is 0.477. The Bertz CT molecular complexity index is 897. The van der Waals surface area contributed by atoms with E-state index in [2.05, 4.69) is 0 Å². The molecule has 0 spiro atoms. The summed E-state index contributed by atoms with van der Waals surface area (Å²) in [6, 6.07) is 9.00. The van der Waals surface area contributed by atoms with Crippen molar-refractivity contribution in [3.8, 4) is 0 Å². The Kier molecular flexibility index (Phi) is 5.39. The van der Waals surface area contributed by atoms with Crippen LogP contribution in [0, 0.1) is 5.82 Å². The topological polar surface area (TPSA) is 37.4 Å². The van der Waals surface area contributed by atoms with Gasteiger partial charge >= 0.3 is 0 Å². The Labute approximate surface area is 162 Å². The molecule has 25 heavy (non-hydrogen) atoms. The van der Waals surface area contributed by atoms with Crippen LogP contribution >= 0.6 is 46.6 Å². The molecular formula is C17H9Cl3FNO2S. The SMILES string of the molecule is O=C1S/C(=C/c2ccc(Cl)cc2Cl)C(=O)N1Cc1c(F)cccc1Cl. The highest BCUT2D eigenvalue weighted by atomic mass is 35.5. The molecule has 1 aliphatic rings. The van der Waals surface area contributed by atoms with Gasteiger partial charge in [-0.25, -0.2) is 4.39 Å². The summed E-state index contributed by atoms with van der Waals surface area (Å²) >= 11 is 18.7. The van der Waals surface area contributed by atoms with Crippen LogP contribution in [0.3, 0.4) is 0 Å². The summed E-state index contributed by atoms with van der Waals surface area (Å²) in [5.74, 6) is -1.10. The summed E-state index contributed by atoms with van der Waals surface area (Å²) in [6.07, 6.45) is 1.51. The highest BCUT2D eigenvalue weighted by Gasteiger charge is 2.36. The Hall–Kier alpha value is -1.53. The second kappa shape index (κ2) is 7.38. The lowest BCUT2D eigenvalue weighted by Crippen LogP contribution is -2.28. The molecule has 0 N–H and O–H groups in total. The van der Waals surface area contributed by atoms with Crippen molar-refractivity contribution in [2.75, 3.05) is 0 Å². The lowest BCUT2D eigenvalue weighted by atomic mass is 10.2. The fourth-order valence-corrected chi connectivity index (χ4v) is 3.75. The predicted molar refractivity (Wildman–Crippen MR) is 99.4 cm³/mol. The zero-order chi connectivity index (χ0) is 18.1. The molecule has 0 saturated carbocycles. The highest BCUT2D eigenvalue weighted by molar-refractivity contribution is 8.18. The van der Waals surface area contributed by atoms with E-state index in [4.69, 9.17) is 34.8 Å². The summed E-state index contributed by atoms with van der Waals surface area (Å²) < 4.78 is 13.9. The average molecular weight is 417 g/mol. The van der Waals surface area contributed by atoms with E-state index < -0.39 is 17.0 Å². The van der Waals surface area contributed by atoms with E-state index in [1.807, 2.05) is 0 Å². The zero-order valence-corrected chi connectivity index (χ0v) is 15.5. The summed E-state index contributed by atoms with van der Waals surface area (Å²) in [6.45, 7) is -0.234. The van der Waals surface area contributed by atoms with Gasteiger partial charge in [0.2, 0.25) is 0 Å². The molecule has 3 rings (SSSR count). The highest BCUT2D eigenvalue weighted by Crippen LogP contribution is 2.35. The van der Waals surface area contributed by atoms with Gasteiger partial charge in [0.25, 0.3) is 11.1 Å². The van der Waals surface area contributed by atoms with Gasteiger partial charge < -0.3 is 0 Å². The van der Waals surface area contributed by atoms with Gasteiger partial charge in [0, 0.05) is 20.6 Å². The van der Waals surface area contributed by atoms with Gasteiger partial charge in [0.05, 0.1) is 11.4 Å². The lowest BCUT2D eigenvalue weighted by molar-refractivity contribution is -0.123. The molecule has 0 unspecified atom stereocenters. The molecular weight excluding hydrogens is 408 g/mol. The van der Waals surface area contributed by atoms with Crippen molar-refractivity contribution in [2.24, 2.45) is 0 Å². The van der Waals surface area contributed by atoms with Gasteiger partial charge in [0.1, 0.15) is 5.82 Å². The number of thioether (sulfide) groups is 1. The molecule has 2 aromatic rings. The summed E-state index contributed by atoms with van der Waals surface area (Å²) in [5.41, 5.74) is 0.651. The Morgan fingerprint density at radius 3 is 2.52 bits per heavy atom. The Morgan fingerprint density at radius 2 is 1.84 bits per heavy atom. The maximum atomic E-state index is 13.9. The molecule has 1 fully saturated rings. The maximum Gasteiger partial charge on any atom is 0.293 e. The molecule has 3 nitrogen and oxygen atoms in total. The van der Waals surface area contributed by atoms with E-state index in [1.54, 1.807) is 12.1 Å². The van der Waals surface area contributed by atoms with Gasteiger partial charge in [-0.05, 0) is 47.7 Å². The van der Waals surface area contributed by atoms with E-state index in [-0.39, 0.29) is 22.0 Å². The normalized spacial score (nSPS) is 16.2. The van der Waals surface area contributed by atoms with Crippen LogP contribution < -0.4 is 0 Å². The first kappa shape index (κ1) is 18.3. The summed E-state index contributed by atoms with van der Waals surface area (Å²) in [4.78, 5) is 25.8. The van der Waals surface area contributed by atoms with Gasteiger partial charge in [-0.1, -0.05) is 46.9 Å². The van der Waals surface area contributed by atoms with Crippen molar-refractivity contribution in [2.45, 2.75) is 6.54 Å². The minimum Gasteiger partial charge on any atom is -0.268 e. The molecule has 1 saturated heterocycles. The Morgan fingerprint density at radius 1 is 1.08 bits per heavy atom. The van der Waals surface area contributed by atoms with Crippen LogP contribution in [0.25, 0.3) is 6.08 Å². The predicted octanol–water partition coefficient (Wildman–Crippen LogP) is 6.02. The summed E-state index contributed by atoms with van der Waals surface area (Å²) in [7, 11) is 0. The third kappa shape index (κ3) is 3.85. The molecule has 1 heterocycles. The third-order valence-electron chi connectivity index (χ3n) is 3.50. The van der Waals surface area contributed by atoms with Crippen LogP contribution in [0.4, 0.5) is 9.18 Å². The van der Waals surface area contributed by atoms with E-state index in [0.29, 0.717) is 15.6 Å². The second-order valence-corrected chi connectivity index (χ2v) is 7.38. The molecule has 1 aliphatic heterocycles. The molecule has 8 heteroatoms. The van der Waals surface area contributed by atoms with Crippen LogP contribution in [0.5, 0.6) is 0 Å². The van der Waals surface area contributed by atoms with Gasteiger partial charge in [-0.3, -0.25) is 14.5 Å². The average Bonchev–Trinajstić information content (AvgIpc) is 2.80. The fourth-order valence-electron chi connectivity index (χ4n) is 2.24. The number of halogens is 4. The number of carbonyl (C=O) groups excluding carboxylic acids is 2. The number of rotatable bonds is 3. The van der Waals surface area contributed by atoms with Crippen molar-refractivity contribution in [1.82, 2.24) is 4.90 Å². The van der Waals surface area contributed by atoms with Crippen LogP contribution in [0.1, 0.15) is 11.1 Å². The standard InChI is InChI=1S/C17H9Cl3FNO2S/c18-10-5-4-9(13(20)7-10)6-15-16(23)22(17(24)25-15)8-11-12(19)2-1-3-14(11)21/h1-7H,8H2/b15-6+. The smallest absolute Gasteiger partial charge is 0.268 e. The number of imide groups is 1. The van der Waals surface area contributed by atoms with E-state index in [1.165, 1.54) is 30.3 Å². The van der Waals surface area contributed by atoms with Crippen molar-refractivity contribution in [1.29, 1.82) is 0 Å². The number of benzene rings is 2. The maximum absolute atomic E-state index is 13.9. The zero-order valence-electron chi connectivity index (χ0n) is 12.4. The van der Waals surface area contributed by atoms with E-state index in [0.717, 1.165) is 16.7 Å². The largest absolute Gasteiger partial charge is 0.293 e. The molecule has 0 bridgehead atoms. The van der Waals surface area contributed by atoms with Crippen molar-refractivity contribution < 1.29 is 14.0 Å². The van der Waals surface area contributed by atoms with E-state index >= 15 is 0 Å². The fraction of sp³-hybridized carbons (Fsp3) is 0.0588. The van der Waals surface area contributed by atoms with Crippen LogP contribution in [0.2, 0.25) is 15.1 Å². The quantitative estimate of drug-likeness (QED) is 0.574. The second-order valence-electron chi connectivity index (χ2n) is 5.13. The lowest BCUT2D eigenvalue weighted by Gasteiger charge is -2.14. The minimum atomic E-state index is -0.573. The van der Waals surface area contributed by atoms with Gasteiger partial charge in [-0.15, -0.1) is 0 Å². The molecule has 2 amide bonds. The third-order valence-corrected chi connectivity index (χ3v) is 5.32. The number of hydrogen-bond acceptors (Lipinski definition) is 3. The van der Waals surface area contributed by atoms with Crippen LogP contribution in [-0.2, 0) is 11.3 Å². The van der Waals surface area contributed by atoms with Gasteiger partial charge in [-0.2, -0.15) is 0 Å². The number of hydrogen-bond donors (Lipinski definition) is 0. The first-order chi connectivity index (χ1) is 11.9. The molecule has 0 aliphatic carbocycles. The molecule has 2 aromatic carbocycles. The van der Waals surface area contributed by atoms with Crippen LogP contribution in [-0.4, -0.2) is 16.0 Å². The first-order valence-corrected chi connectivity index (χ1v) is 8.95. The molecule has 0 radical (unpaired) electrons.